The highest BCUT2D eigenvalue weighted by Crippen LogP contribution is 2.17. The van der Waals surface area contributed by atoms with Gasteiger partial charge in [0, 0.05) is 7.11 Å². The molecule has 0 bridgehead atoms. The molecule has 0 saturated carbocycles. The molecule has 0 radical (unpaired) electrons. The highest BCUT2D eigenvalue weighted by Gasteiger charge is 2.18. The predicted octanol–water partition coefficient (Wildman–Crippen LogP) is 3.00. The third-order valence-electron chi connectivity index (χ3n) is 2.26. The predicted molar refractivity (Wildman–Crippen MR) is 53.0 cm³/mol. The smallest absolute Gasteiger partial charge is 0.125 e. The molecule has 0 spiro atoms. The van der Waals surface area contributed by atoms with E-state index in [1.54, 1.807) is 7.11 Å². The first-order valence-corrected chi connectivity index (χ1v) is 4.71. The van der Waals surface area contributed by atoms with Crippen LogP contribution in [0.25, 0.3) is 0 Å². The molecule has 0 aliphatic carbocycles. The minimum absolute atomic E-state index is 0.340. The first-order valence-electron chi connectivity index (χ1n) is 4.71. The lowest BCUT2D eigenvalue weighted by atomic mass is 9.99. The molecule has 1 unspecified atom stereocenters. The fourth-order valence-electron chi connectivity index (χ4n) is 1.12. The molecular formula is C11H20O. The Balaban J connectivity index is 3.54. The van der Waals surface area contributed by atoms with E-state index in [0.29, 0.717) is 0 Å². The Bertz CT molecular complexity index is 146. The van der Waals surface area contributed by atoms with Crippen LogP contribution in [0.5, 0.6) is 0 Å². The summed E-state index contributed by atoms with van der Waals surface area (Å²) >= 11 is 0. The zero-order valence-corrected chi connectivity index (χ0v) is 8.52. The maximum atomic E-state index is 5.36. The molecule has 0 N–H and O–H groups in total. The SMILES string of the molecule is C#CC(C)(CCCCCC)OC. The van der Waals surface area contributed by atoms with E-state index in [-0.39, 0.29) is 5.60 Å². The molecule has 0 aliphatic rings. The van der Waals surface area contributed by atoms with Gasteiger partial charge in [-0.2, -0.15) is 0 Å². The van der Waals surface area contributed by atoms with Crippen molar-refractivity contribution in [3.8, 4) is 12.3 Å². The summed E-state index contributed by atoms with van der Waals surface area (Å²) in [5.41, 5.74) is -0.340. The lowest BCUT2D eigenvalue weighted by molar-refractivity contribution is 0.0478. The van der Waals surface area contributed by atoms with Crippen molar-refractivity contribution in [1.29, 1.82) is 0 Å². The lowest BCUT2D eigenvalue weighted by Gasteiger charge is -2.21. The highest BCUT2D eigenvalue weighted by atomic mass is 16.5. The van der Waals surface area contributed by atoms with Crippen LogP contribution in [-0.4, -0.2) is 12.7 Å². The van der Waals surface area contributed by atoms with Crippen LogP contribution in [0.3, 0.4) is 0 Å². The fraction of sp³-hybridized carbons (Fsp3) is 0.818. The van der Waals surface area contributed by atoms with Gasteiger partial charge in [0.25, 0.3) is 0 Å². The average Bonchev–Trinajstić information content (AvgIpc) is 2.12. The molecule has 0 heterocycles. The summed E-state index contributed by atoms with van der Waals surface area (Å²) in [4.78, 5) is 0. The van der Waals surface area contributed by atoms with Crippen molar-refractivity contribution in [3.05, 3.63) is 0 Å². The van der Waals surface area contributed by atoms with Crippen molar-refractivity contribution in [3.63, 3.8) is 0 Å². The molecule has 0 amide bonds. The number of terminal acetylenes is 1. The monoisotopic (exact) mass is 168 g/mol. The van der Waals surface area contributed by atoms with E-state index in [0.717, 1.165) is 6.42 Å². The van der Waals surface area contributed by atoms with Crippen molar-refractivity contribution in [1.82, 2.24) is 0 Å². The molecule has 1 atom stereocenters. The van der Waals surface area contributed by atoms with E-state index in [4.69, 9.17) is 11.2 Å². The van der Waals surface area contributed by atoms with E-state index < -0.39 is 0 Å². The van der Waals surface area contributed by atoms with Crippen molar-refractivity contribution in [2.24, 2.45) is 0 Å². The highest BCUT2D eigenvalue weighted by molar-refractivity contribution is 5.05. The quantitative estimate of drug-likeness (QED) is 0.437. The van der Waals surface area contributed by atoms with E-state index >= 15 is 0 Å². The van der Waals surface area contributed by atoms with E-state index in [2.05, 4.69) is 12.8 Å². The largest absolute Gasteiger partial charge is 0.366 e. The number of hydrogen-bond donors (Lipinski definition) is 0. The Morgan fingerprint density at radius 2 is 2.00 bits per heavy atom. The third-order valence-corrected chi connectivity index (χ3v) is 2.26. The van der Waals surface area contributed by atoms with Crippen LogP contribution in [0.1, 0.15) is 46.0 Å². The van der Waals surface area contributed by atoms with Gasteiger partial charge in [-0.05, 0) is 19.8 Å². The summed E-state index contributed by atoms with van der Waals surface area (Å²) < 4.78 is 5.23. The number of methoxy groups -OCH3 is 1. The Kier molecular flexibility index (Phi) is 5.84. The molecule has 0 rings (SSSR count). The van der Waals surface area contributed by atoms with Gasteiger partial charge < -0.3 is 4.74 Å². The molecule has 0 fully saturated rings. The lowest BCUT2D eigenvalue weighted by Crippen LogP contribution is -2.24. The normalized spacial score (nSPS) is 15.2. The number of unbranched alkanes of at least 4 members (excludes halogenated alkanes) is 3. The van der Waals surface area contributed by atoms with Crippen LogP contribution < -0.4 is 0 Å². The number of rotatable bonds is 6. The summed E-state index contributed by atoms with van der Waals surface area (Å²) in [5, 5.41) is 0. The Morgan fingerprint density at radius 1 is 1.33 bits per heavy atom. The zero-order chi connectivity index (χ0) is 9.45. The van der Waals surface area contributed by atoms with Crippen LogP contribution in [0.15, 0.2) is 0 Å². The third kappa shape index (κ3) is 4.41. The molecular weight excluding hydrogens is 148 g/mol. The molecule has 0 aromatic carbocycles. The summed E-state index contributed by atoms with van der Waals surface area (Å²) in [7, 11) is 1.68. The van der Waals surface area contributed by atoms with Gasteiger partial charge in [0.2, 0.25) is 0 Å². The second-order valence-corrected chi connectivity index (χ2v) is 3.39. The molecule has 0 saturated heterocycles. The first kappa shape index (κ1) is 11.5. The van der Waals surface area contributed by atoms with Gasteiger partial charge in [-0.25, -0.2) is 0 Å². The summed E-state index contributed by atoms with van der Waals surface area (Å²) in [6, 6.07) is 0. The van der Waals surface area contributed by atoms with Crippen LogP contribution in [0.4, 0.5) is 0 Å². The molecule has 70 valence electrons. The van der Waals surface area contributed by atoms with Gasteiger partial charge >= 0.3 is 0 Å². The van der Waals surface area contributed by atoms with E-state index in [1.165, 1.54) is 25.7 Å². The average molecular weight is 168 g/mol. The fourth-order valence-corrected chi connectivity index (χ4v) is 1.12. The minimum Gasteiger partial charge on any atom is -0.366 e. The van der Waals surface area contributed by atoms with Gasteiger partial charge in [0.05, 0.1) is 0 Å². The topological polar surface area (TPSA) is 9.23 Å². The standard InChI is InChI=1S/C11H20O/c1-5-7-8-9-10-11(3,6-2)12-4/h2H,5,7-10H2,1,3-4H3. The van der Waals surface area contributed by atoms with Gasteiger partial charge in [-0.15, -0.1) is 6.42 Å². The van der Waals surface area contributed by atoms with Gasteiger partial charge in [0.1, 0.15) is 5.60 Å². The first-order chi connectivity index (χ1) is 5.68. The van der Waals surface area contributed by atoms with Gasteiger partial charge in [0.15, 0.2) is 0 Å². The summed E-state index contributed by atoms with van der Waals surface area (Å²) in [6.45, 7) is 4.18. The summed E-state index contributed by atoms with van der Waals surface area (Å²) in [6.07, 6.45) is 11.3. The second kappa shape index (κ2) is 6.08. The van der Waals surface area contributed by atoms with Crippen molar-refractivity contribution >= 4 is 0 Å². The molecule has 0 aromatic rings. The van der Waals surface area contributed by atoms with Crippen molar-refractivity contribution in [2.45, 2.75) is 51.6 Å². The van der Waals surface area contributed by atoms with Crippen LogP contribution in [0, 0.1) is 12.3 Å². The van der Waals surface area contributed by atoms with Crippen molar-refractivity contribution in [2.75, 3.05) is 7.11 Å². The maximum Gasteiger partial charge on any atom is 0.125 e. The Morgan fingerprint density at radius 3 is 2.42 bits per heavy atom. The molecule has 12 heavy (non-hydrogen) atoms. The van der Waals surface area contributed by atoms with Gasteiger partial charge in [-0.3, -0.25) is 0 Å². The zero-order valence-electron chi connectivity index (χ0n) is 8.52. The summed E-state index contributed by atoms with van der Waals surface area (Å²) in [5.74, 6) is 2.68. The molecule has 0 aromatic heterocycles. The molecule has 1 heteroatoms. The molecule has 1 nitrogen and oxygen atoms in total. The number of hydrogen-bond acceptors (Lipinski definition) is 1. The molecule has 0 aliphatic heterocycles. The van der Waals surface area contributed by atoms with Crippen LogP contribution in [-0.2, 0) is 4.74 Å². The van der Waals surface area contributed by atoms with Crippen molar-refractivity contribution < 1.29 is 4.74 Å². The van der Waals surface area contributed by atoms with E-state index in [1.807, 2.05) is 6.92 Å². The Hall–Kier alpha value is -0.480. The number of ether oxygens (including phenoxy) is 1. The van der Waals surface area contributed by atoms with Crippen LogP contribution >= 0.6 is 0 Å². The maximum absolute atomic E-state index is 5.36. The van der Waals surface area contributed by atoms with E-state index in [9.17, 15) is 0 Å². The second-order valence-electron chi connectivity index (χ2n) is 3.39. The minimum atomic E-state index is -0.340. The Labute approximate surface area is 76.5 Å². The van der Waals surface area contributed by atoms with Gasteiger partial charge in [-0.1, -0.05) is 32.1 Å². The van der Waals surface area contributed by atoms with Crippen LogP contribution in [0.2, 0.25) is 0 Å².